The van der Waals surface area contributed by atoms with Crippen LogP contribution in [0.3, 0.4) is 0 Å². The third-order valence-corrected chi connectivity index (χ3v) is 5.08. The first-order valence-corrected chi connectivity index (χ1v) is 7.22. The summed E-state index contributed by atoms with van der Waals surface area (Å²) in [5.74, 6) is 1.36. The molecule has 0 saturated heterocycles. The van der Waals surface area contributed by atoms with Crippen molar-refractivity contribution in [3.05, 3.63) is 0 Å². The second kappa shape index (κ2) is 4.18. The van der Waals surface area contributed by atoms with Gasteiger partial charge in [0.2, 0.25) is 9.05 Å². The summed E-state index contributed by atoms with van der Waals surface area (Å²) in [6, 6.07) is 0. The molecule has 1 rings (SSSR count). The van der Waals surface area contributed by atoms with Gasteiger partial charge in [-0.25, -0.2) is 8.42 Å². The first-order valence-electron chi connectivity index (χ1n) is 4.84. The average Bonchev–Trinajstić information content (AvgIpc) is 2.03. The molecule has 0 heterocycles. The molecule has 0 spiro atoms. The summed E-state index contributed by atoms with van der Waals surface area (Å²) >= 11 is 0. The van der Waals surface area contributed by atoms with Gasteiger partial charge in [0.05, 0.1) is 5.25 Å². The maximum absolute atomic E-state index is 11.0. The van der Waals surface area contributed by atoms with E-state index in [-0.39, 0.29) is 5.25 Å². The molecular formula is C9H17ClO2S. The summed E-state index contributed by atoms with van der Waals surface area (Å²) in [5.41, 5.74) is 0. The van der Waals surface area contributed by atoms with E-state index in [9.17, 15) is 8.42 Å². The molecule has 2 nitrogen and oxygen atoms in total. The van der Waals surface area contributed by atoms with Crippen molar-refractivity contribution in [2.45, 2.75) is 44.8 Å². The minimum Gasteiger partial charge on any atom is -0.212 e. The zero-order valence-electron chi connectivity index (χ0n) is 8.16. The second-order valence-electron chi connectivity index (χ2n) is 4.26. The highest BCUT2D eigenvalue weighted by molar-refractivity contribution is 8.14. The van der Waals surface area contributed by atoms with Gasteiger partial charge in [-0.1, -0.05) is 13.8 Å². The maximum atomic E-state index is 11.0. The van der Waals surface area contributed by atoms with Crippen LogP contribution in [0.4, 0.5) is 0 Å². The van der Waals surface area contributed by atoms with Gasteiger partial charge in [-0.05, 0) is 37.5 Å². The Balaban J connectivity index is 2.49. The highest BCUT2D eigenvalue weighted by atomic mass is 35.7. The van der Waals surface area contributed by atoms with Crippen molar-refractivity contribution < 1.29 is 8.42 Å². The lowest BCUT2D eigenvalue weighted by molar-refractivity contribution is 0.280. The van der Waals surface area contributed by atoms with Crippen LogP contribution in [0.2, 0.25) is 0 Å². The van der Waals surface area contributed by atoms with E-state index in [1.165, 1.54) is 0 Å². The fourth-order valence-corrected chi connectivity index (χ4v) is 3.41. The van der Waals surface area contributed by atoms with Crippen molar-refractivity contribution in [2.75, 3.05) is 0 Å². The topological polar surface area (TPSA) is 34.1 Å². The Kier molecular flexibility index (Phi) is 3.64. The molecule has 0 bridgehead atoms. The van der Waals surface area contributed by atoms with Crippen LogP contribution in [0.25, 0.3) is 0 Å². The van der Waals surface area contributed by atoms with Crippen molar-refractivity contribution in [1.82, 2.24) is 0 Å². The van der Waals surface area contributed by atoms with Crippen LogP contribution in [-0.2, 0) is 9.05 Å². The van der Waals surface area contributed by atoms with Gasteiger partial charge >= 0.3 is 0 Å². The Bertz CT molecular complexity index is 251. The molecular weight excluding hydrogens is 208 g/mol. The van der Waals surface area contributed by atoms with Crippen LogP contribution in [0.1, 0.15) is 39.5 Å². The smallest absolute Gasteiger partial charge is 0.212 e. The van der Waals surface area contributed by atoms with E-state index in [1.54, 1.807) is 0 Å². The Labute approximate surface area is 85.1 Å². The van der Waals surface area contributed by atoms with Crippen molar-refractivity contribution in [3.8, 4) is 0 Å². The van der Waals surface area contributed by atoms with Gasteiger partial charge in [-0.3, -0.25) is 0 Å². The molecule has 0 atom stereocenters. The molecule has 0 aromatic carbocycles. The van der Waals surface area contributed by atoms with Crippen LogP contribution in [0.15, 0.2) is 0 Å². The minimum atomic E-state index is -3.30. The molecule has 13 heavy (non-hydrogen) atoms. The summed E-state index contributed by atoms with van der Waals surface area (Å²) in [5, 5.41) is -0.288. The maximum Gasteiger partial charge on any atom is 0.235 e. The fourth-order valence-electron chi connectivity index (χ4n) is 2.04. The predicted molar refractivity (Wildman–Crippen MR) is 55.4 cm³/mol. The van der Waals surface area contributed by atoms with Gasteiger partial charge in [-0.15, -0.1) is 0 Å². The molecule has 1 aliphatic rings. The third kappa shape index (κ3) is 3.13. The van der Waals surface area contributed by atoms with Crippen molar-refractivity contribution in [3.63, 3.8) is 0 Å². The monoisotopic (exact) mass is 224 g/mol. The zero-order valence-corrected chi connectivity index (χ0v) is 9.74. The number of halogens is 1. The number of hydrogen-bond donors (Lipinski definition) is 0. The van der Waals surface area contributed by atoms with Gasteiger partial charge in [0.25, 0.3) is 0 Å². The van der Waals surface area contributed by atoms with E-state index in [1.807, 2.05) is 0 Å². The Morgan fingerprint density at radius 3 is 1.92 bits per heavy atom. The van der Waals surface area contributed by atoms with Crippen LogP contribution in [0.5, 0.6) is 0 Å². The lowest BCUT2D eigenvalue weighted by Gasteiger charge is -2.29. The lowest BCUT2D eigenvalue weighted by atomic mass is 9.82. The first kappa shape index (κ1) is 11.3. The second-order valence-corrected chi connectivity index (χ2v) is 7.16. The Morgan fingerprint density at radius 1 is 1.15 bits per heavy atom. The largest absolute Gasteiger partial charge is 0.235 e. The van der Waals surface area contributed by atoms with E-state index < -0.39 is 9.05 Å². The fraction of sp³-hybridized carbons (Fsp3) is 1.00. The van der Waals surface area contributed by atoms with Gasteiger partial charge in [0.1, 0.15) is 0 Å². The average molecular weight is 225 g/mol. The third-order valence-electron chi connectivity index (χ3n) is 3.06. The molecule has 1 saturated carbocycles. The standard InChI is InChI=1S/C9H17ClO2S/c1-7(2)8-3-5-9(6-4-8)13(10,11)12/h7-9H,3-6H2,1-2H3. The van der Waals surface area contributed by atoms with Gasteiger partial charge in [0.15, 0.2) is 0 Å². The minimum absolute atomic E-state index is 0.288. The quantitative estimate of drug-likeness (QED) is 0.676. The molecule has 1 aliphatic carbocycles. The molecule has 0 aromatic rings. The van der Waals surface area contributed by atoms with Crippen LogP contribution >= 0.6 is 10.7 Å². The van der Waals surface area contributed by atoms with Crippen LogP contribution in [-0.4, -0.2) is 13.7 Å². The summed E-state index contributed by atoms with van der Waals surface area (Å²) in [4.78, 5) is 0. The molecule has 0 amide bonds. The first-order chi connectivity index (χ1) is 5.91. The van der Waals surface area contributed by atoms with E-state index in [2.05, 4.69) is 13.8 Å². The van der Waals surface area contributed by atoms with Gasteiger partial charge < -0.3 is 0 Å². The summed E-state index contributed by atoms with van der Waals surface area (Å²) in [6.07, 6.45) is 3.51. The van der Waals surface area contributed by atoms with E-state index in [0.29, 0.717) is 11.8 Å². The molecule has 78 valence electrons. The molecule has 0 aliphatic heterocycles. The highest BCUT2D eigenvalue weighted by Crippen LogP contribution is 2.33. The zero-order chi connectivity index (χ0) is 10.1. The van der Waals surface area contributed by atoms with Crippen molar-refractivity contribution in [2.24, 2.45) is 11.8 Å². The summed E-state index contributed by atoms with van der Waals surface area (Å²) < 4.78 is 22.1. The van der Waals surface area contributed by atoms with Gasteiger partial charge in [-0.2, -0.15) is 0 Å². The SMILES string of the molecule is CC(C)C1CCC(S(=O)(=O)Cl)CC1. The van der Waals surface area contributed by atoms with Crippen LogP contribution < -0.4 is 0 Å². The predicted octanol–water partition coefficient (Wildman–Crippen LogP) is 2.77. The molecule has 0 radical (unpaired) electrons. The van der Waals surface area contributed by atoms with Crippen molar-refractivity contribution >= 4 is 19.7 Å². The molecule has 0 aromatic heterocycles. The normalized spacial score (nSPS) is 30.8. The molecule has 0 unspecified atom stereocenters. The molecule has 4 heteroatoms. The van der Waals surface area contributed by atoms with Gasteiger partial charge in [0, 0.05) is 10.7 Å². The Hall–Kier alpha value is 0.240. The lowest BCUT2D eigenvalue weighted by Crippen LogP contribution is -2.25. The number of rotatable bonds is 2. The van der Waals surface area contributed by atoms with E-state index in [4.69, 9.17) is 10.7 Å². The van der Waals surface area contributed by atoms with Crippen molar-refractivity contribution in [1.29, 1.82) is 0 Å². The highest BCUT2D eigenvalue weighted by Gasteiger charge is 2.30. The van der Waals surface area contributed by atoms with E-state index >= 15 is 0 Å². The summed E-state index contributed by atoms with van der Waals surface area (Å²) in [6.45, 7) is 4.39. The summed E-state index contributed by atoms with van der Waals surface area (Å²) in [7, 11) is 2.01. The molecule has 0 N–H and O–H groups in total. The molecule has 1 fully saturated rings. The van der Waals surface area contributed by atoms with Crippen LogP contribution in [0, 0.1) is 11.8 Å². The number of hydrogen-bond acceptors (Lipinski definition) is 2. The van der Waals surface area contributed by atoms with E-state index in [0.717, 1.165) is 25.7 Å². The Morgan fingerprint density at radius 2 is 1.62 bits per heavy atom.